The maximum Gasteiger partial charge on any atom is 0.186 e. The van der Waals surface area contributed by atoms with Gasteiger partial charge in [-0.05, 0) is 18.6 Å². The van der Waals surface area contributed by atoms with Crippen molar-refractivity contribution < 1.29 is 4.74 Å². The van der Waals surface area contributed by atoms with Crippen LogP contribution >= 0.6 is 23.6 Å². The van der Waals surface area contributed by atoms with Gasteiger partial charge in [0.1, 0.15) is 0 Å². The molecule has 6 nitrogen and oxygen atoms in total. The molecule has 0 bridgehead atoms. The van der Waals surface area contributed by atoms with Gasteiger partial charge in [0.15, 0.2) is 10.2 Å². The van der Waals surface area contributed by atoms with E-state index in [2.05, 4.69) is 39.8 Å². The maximum atomic E-state index is 5.45. The summed E-state index contributed by atoms with van der Waals surface area (Å²) >= 11 is 6.89. The Bertz CT molecular complexity index is 757. The standard InChI is InChI=1S/C19H25N5OS2/c1-2-3-9-20-18(26)23-21-14-16-17(15-7-5-4-6-8-15)22-19(27-16)24-10-12-25-13-11-24/h4-8,14H,2-3,9-13H2,1H3,(H2,20,23,26)/b21-14-. The number of hydrogen-bond acceptors (Lipinski definition) is 6. The largest absolute Gasteiger partial charge is 0.378 e. The van der Waals surface area contributed by atoms with Crippen molar-refractivity contribution in [2.24, 2.45) is 5.10 Å². The van der Waals surface area contributed by atoms with E-state index in [9.17, 15) is 0 Å². The number of rotatable bonds is 7. The van der Waals surface area contributed by atoms with Crippen LogP contribution in [0.15, 0.2) is 35.4 Å². The number of benzene rings is 1. The zero-order valence-corrected chi connectivity index (χ0v) is 17.1. The molecule has 1 fully saturated rings. The number of thiazole rings is 1. The van der Waals surface area contributed by atoms with E-state index < -0.39 is 0 Å². The number of hydrazone groups is 1. The van der Waals surface area contributed by atoms with Crippen LogP contribution in [-0.4, -0.2) is 49.2 Å². The van der Waals surface area contributed by atoms with Crippen LogP contribution in [-0.2, 0) is 4.74 Å². The number of aromatic nitrogens is 1. The van der Waals surface area contributed by atoms with Gasteiger partial charge in [0.25, 0.3) is 0 Å². The van der Waals surface area contributed by atoms with E-state index in [-0.39, 0.29) is 0 Å². The van der Waals surface area contributed by atoms with E-state index in [1.807, 2.05) is 18.2 Å². The first-order valence-corrected chi connectivity index (χ1v) is 10.5. The molecule has 144 valence electrons. The lowest BCUT2D eigenvalue weighted by Crippen LogP contribution is -2.36. The third-order valence-electron chi connectivity index (χ3n) is 4.13. The molecule has 0 unspecified atom stereocenters. The predicted octanol–water partition coefficient (Wildman–Crippen LogP) is 3.24. The highest BCUT2D eigenvalue weighted by Crippen LogP contribution is 2.32. The molecular weight excluding hydrogens is 378 g/mol. The van der Waals surface area contributed by atoms with Crippen LogP contribution in [0.2, 0.25) is 0 Å². The molecule has 1 saturated heterocycles. The highest BCUT2D eigenvalue weighted by Gasteiger charge is 2.18. The molecular formula is C19H25N5OS2. The van der Waals surface area contributed by atoms with Gasteiger partial charge in [0, 0.05) is 25.2 Å². The molecule has 1 aliphatic rings. The highest BCUT2D eigenvalue weighted by atomic mass is 32.1. The first-order chi connectivity index (χ1) is 13.3. The van der Waals surface area contributed by atoms with Crippen LogP contribution in [0.3, 0.4) is 0 Å². The lowest BCUT2D eigenvalue weighted by Gasteiger charge is -2.26. The Labute approximate surface area is 169 Å². The number of morpholine rings is 1. The molecule has 2 heterocycles. The average Bonchev–Trinajstić information content (AvgIpc) is 3.14. The molecule has 3 rings (SSSR count). The molecule has 0 radical (unpaired) electrons. The summed E-state index contributed by atoms with van der Waals surface area (Å²) in [6.07, 6.45) is 4.02. The van der Waals surface area contributed by atoms with Crippen molar-refractivity contribution in [3.05, 3.63) is 35.2 Å². The number of ether oxygens (including phenoxy) is 1. The van der Waals surface area contributed by atoms with Crippen molar-refractivity contribution in [3.63, 3.8) is 0 Å². The van der Waals surface area contributed by atoms with Gasteiger partial charge in [-0.3, -0.25) is 5.43 Å². The molecule has 2 aromatic rings. The van der Waals surface area contributed by atoms with Gasteiger partial charge in [-0.2, -0.15) is 5.10 Å². The molecule has 0 atom stereocenters. The van der Waals surface area contributed by atoms with E-state index in [1.165, 1.54) is 0 Å². The fraction of sp³-hybridized carbons (Fsp3) is 0.421. The van der Waals surface area contributed by atoms with Gasteiger partial charge >= 0.3 is 0 Å². The summed E-state index contributed by atoms with van der Waals surface area (Å²) in [4.78, 5) is 8.16. The summed E-state index contributed by atoms with van der Waals surface area (Å²) in [6, 6.07) is 10.2. The third-order valence-corrected chi connectivity index (χ3v) is 5.42. The average molecular weight is 404 g/mol. The second kappa shape index (κ2) is 10.3. The highest BCUT2D eigenvalue weighted by molar-refractivity contribution is 7.80. The zero-order chi connectivity index (χ0) is 18.9. The van der Waals surface area contributed by atoms with E-state index in [0.29, 0.717) is 5.11 Å². The van der Waals surface area contributed by atoms with Crippen molar-refractivity contribution in [2.45, 2.75) is 19.8 Å². The fourth-order valence-electron chi connectivity index (χ4n) is 2.67. The van der Waals surface area contributed by atoms with Crippen LogP contribution in [0.25, 0.3) is 11.3 Å². The number of unbranched alkanes of at least 4 members (excludes halogenated alkanes) is 1. The van der Waals surface area contributed by atoms with E-state index in [4.69, 9.17) is 21.9 Å². The Morgan fingerprint density at radius 2 is 2.11 bits per heavy atom. The zero-order valence-electron chi connectivity index (χ0n) is 15.5. The normalized spacial score (nSPS) is 14.5. The monoisotopic (exact) mass is 403 g/mol. The Morgan fingerprint density at radius 3 is 2.85 bits per heavy atom. The molecule has 8 heteroatoms. The number of thiocarbonyl (C=S) groups is 1. The van der Waals surface area contributed by atoms with Gasteiger partial charge in [-0.25, -0.2) is 4.98 Å². The van der Waals surface area contributed by atoms with E-state index >= 15 is 0 Å². The second-order valence-corrected chi connectivity index (χ2v) is 7.57. The van der Waals surface area contributed by atoms with Crippen molar-refractivity contribution in [1.82, 2.24) is 15.7 Å². The summed E-state index contributed by atoms with van der Waals surface area (Å²) in [5.74, 6) is 0. The summed E-state index contributed by atoms with van der Waals surface area (Å²) in [5, 5.41) is 9.00. The van der Waals surface area contributed by atoms with Crippen LogP contribution in [0.4, 0.5) is 5.13 Å². The van der Waals surface area contributed by atoms with Crippen LogP contribution < -0.4 is 15.6 Å². The molecule has 0 saturated carbocycles. The van der Waals surface area contributed by atoms with Crippen molar-refractivity contribution in [2.75, 3.05) is 37.7 Å². The summed E-state index contributed by atoms with van der Waals surface area (Å²) in [7, 11) is 0. The third kappa shape index (κ3) is 5.72. The van der Waals surface area contributed by atoms with Crippen LogP contribution in [0.5, 0.6) is 0 Å². The van der Waals surface area contributed by atoms with Gasteiger partial charge in [0.05, 0.1) is 30.0 Å². The Balaban J connectivity index is 1.74. The van der Waals surface area contributed by atoms with Crippen molar-refractivity contribution in [3.8, 4) is 11.3 Å². The minimum absolute atomic E-state index is 0.541. The lowest BCUT2D eigenvalue weighted by atomic mass is 10.1. The topological polar surface area (TPSA) is 61.8 Å². The minimum atomic E-state index is 0.541. The smallest absolute Gasteiger partial charge is 0.186 e. The van der Waals surface area contributed by atoms with Gasteiger partial charge in [-0.1, -0.05) is 55.0 Å². The van der Waals surface area contributed by atoms with Gasteiger partial charge in [0.2, 0.25) is 0 Å². The Hall–Kier alpha value is -2.03. The molecule has 1 aromatic heterocycles. The van der Waals surface area contributed by atoms with Crippen LogP contribution in [0.1, 0.15) is 24.6 Å². The second-order valence-electron chi connectivity index (χ2n) is 6.15. The minimum Gasteiger partial charge on any atom is -0.378 e. The number of nitrogens with one attached hydrogen (secondary N) is 2. The molecule has 0 amide bonds. The molecule has 27 heavy (non-hydrogen) atoms. The first kappa shape index (κ1) is 19.7. The summed E-state index contributed by atoms with van der Waals surface area (Å²) < 4.78 is 5.45. The summed E-state index contributed by atoms with van der Waals surface area (Å²) in [6.45, 7) is 6.21. The number of nitrogens with zero attached hydrogens (tertiary/aromatic N) is 3. The number of hydrogen-bond donors (Lipinski definition) is 2. The van der Waals surface area contributed by atoms with Gasteiger partial charge in [-0.15, -0.1) is 0 Å². The van der Waals surface area contributed by atoms with Crippen molar-refractivity contribution >= 4 is 40.0 Å². The lowest BCUT2D eigenvalue weighted by molar-refractivity contribution is 0.122. The maximum absolute atomic E-state index is 5.45. The first-order valence-electron chi connectivity index (χ1n) is 9.23. The quantitative estimate of drug-likeness (QED) is 0.320. The van der Waals surface area contributed by atoms with E-state index in [1.54, 1.807) is 17.6 Å². The molecule has 0 spiro atoms. The molecule has 1 aliphatic heterocycles. The molecule has 0 aliphatic carbocycles. The Kier molecular flexibility index (Phi) is 7.55. The molecule has 1 aromatic carbocycles. The van der Waals surface area contributed by atoms with E-state index in [0.717, 1.165) is 67.0 Å². The van der Waals surface area contributed by atoms with Gasteiger partial charge < -0.3 is 15.0 Å². The SMILES string of the molecule is CCCCNC(=S)N/N=C\c1sc(N2CCOCC2)nc1-c1ccccc1. The molecule has 2 N–H and O–H groups in total. The predicted molar refractivity (Wildman–Crippen MR) is 117 cm³/mol. The van der Waals surface area contributed by atoms with Crippen LogP contribution in [0, 0.1) is 0 Å². The fourth-order valence-corrected chi connectivity index (χ4v) is 3.83. The summed E-state index contributed by atoms with van der Waals surface area (Å²) in [5.41, 5.74) is 4.92. The Morgan fingerprint density at radius 1 is 1.33 bits per heavy atom. The number of anilines is 1. The van der Waals surface area contributed by atoms with Crippen molar-refractivity contribution in [1.29, 1.82) is 0 Å².